The zero-order chi connectivity index (χ0) is 13.0. The van der Waals surface area contributed by atoms with Crippen LogP contribution in [0.15, 0.2) is 59.2 Å². The van der Waals surface area contributed by atoms with E-state index in [1.165, 1.54) is 12.1 Å². The number of halogens is 1. The Morgan fingerprint density at radius 3 is 2.61 bits per heavy atom. The normalized spacial score (nSPS) is 12.1. The van der Waals surface area contributed by atoms with Gasteiger partial charge in [0.1, 0.15) is 11.6 Å². The maximum absolute atomic E-state index is 12.8. The molecule has 0 unspecified atom stereocenters. The molecular weight excluding hydrogens is 229 g/mol. The van der Waals surface area contributed by atoms with Crippen LogP contribution < -0.4 is 5.32 Å². The molecule has 94 valence electrons. The van der Waals surface area contributed by atoms with Gasteiger partial charge >= 0.3 is 0 Å². The summed E-state index contributed by atoms with van der Waals surface area (Å²) in [4.78, 5) is 0. The lowest BCUT2D eigenvalue weighted by atomic mass is 10.1. The van der Waals surface area contributed by atoms with Crippen molar-refractivity contribution >= 4 is 5.69 Å². The van der Waals surface area contributed by atoms with Crippen LogP contribution in [0.4, 0.5) is 10.1 Å². The average Bonchev–Trinajstić information content (AvgIpc) is 2.84. The standard InChI is InChI=1S/C15H16FNO/c1-11(2)10-14(15-4-3-9-18-15)17-13-7-5-12(16)6-8-13/h3-9,14,17H,1,10H2,2H3/t14-/m0/s1. The number of hydrogen-bond acceptors (Lipinski definition) is 2. The molecule has 0 saturated heterocycles. The Balaban J connectivity index is 2.15. The molecule has 2 aromatic rings. The Bertz CT molecular complexity index is 502. The van der Waals surface area contributed by atoms with E-state index < -0.39 is 0 Å². The number of furan rings is 1. The second kappa shape index (κ2) is 5.54. The Labute approximate surface area is 106 Å². The topological polar surface area (TPSA) is 25.2 Å². The Hall–Kier alpha value is -2.03. The third kappa shape index (κ3) is 3.23. The zero-order valence-electron chi connectivity index (χ0n) is 10.3. The van der Waals surface area contributed by atoms with Crippen LogP contribution >= 0.6 is 0 Å². The Morgan fingerprint density at radius 1 is 1.33 bits per heavy atom. The number of nitrogens with one attached hydrogen (secondary N) is 1. The quantitative estimate of drug-likeness (QED) is 0.782. The van der Waals surface area contributed by atoms with Crippen LogP contribution in [0, 0.1) is 5.82 Å². The maximum Gasteiger partial charge on any atom is 0.126 e. The summed E-state index contributed by atoms with van der Waals surface area (Å²) >= 11 is 0. The van der Waals surface area contributed by atoms with Gasteiger partial charge in [0.05, 0.1) is 12.3 Å². The van der Waals surface area contributed by atoms with Crippen molar-refractivity contribution in [3.05, 3.63) is 66.4 Å². The molecule has 0 spiro atoms. The SMILES string of the molecule is C=C(C)C[C@H](Nc1ccc(F)cc1)c1ccco1. The van der Waals surface area contributed by atoms with Crippen molar-refractivity contribution in [3.63, 3.8) is 0 Å². The molecule has 3 heteroatoms. The van der Waals surface area contributed by atoms with Crippen LogP contribution in [0.5, 0.6) is 0 Å². The monoisotopic (exact) mass is 245 g/mol. The minimum atomic E-state index is -0.241. The van der Waals surface area contributed by atoms with E-state index in [2.05, 4.69) is 11.9 Å². The van der Waals surface area contributed by atoms with Gasteiger partial charge in [0.15, 0.2) is 0 Å². The average molecular weight is 245 g/mol. The highest BCUT2D eigenvalue weighted by Crippen LogP contribution is 2.25. The lowest BCUT2D eigenvalue weighted by Gasteiger charge is -2.18. The lowest BCUT2D eigenvalue weighted by molar-refractivity contribution is 0.477. The van der Waals surface area contributed by atoms with E-state index >= 15 is 0 Å². The molecule has 1 N–H and O–H groups in total. The summed E-state index contributed by atoms with van der Waals surface area (Å²) in [6, 6.07) is 10.1. The van der Waals surface area contributed by atoms with Gasteiger partial charge in [-0.25, -0.2) is 4.39 Å². The van der Waals surface area contributed by atoms with Crippen molar-refractivity contribution < 1.29 is 8.81 Å². The fourth-order valence-corrected chi connectivity index (χ4v) is 1.81. The minimum Gasteiger partial charge on any atom is -0.467 e. The third-order valence-corrected chi connectivity index (χ3v) is 2.62. The van der Waals surface area contributed by atoms with Gasteiger partial charge in [0, 0.05) is 5.69 Å². The second-order valence-corrected chi connectivity index (χ2v) is 4.38. The van der Waals surface area contributed by atoms with Crippen molar-refractivity contribution in [1.82, 2.24) is 0 Å². The first kappa shape index (κ1) is 12.4. The summed E-state index contributed by atoms with van der Waals surface area (Å²) in [5.41, 5.74) is 1.92. The summed E-state index contributed by atoms with van der Waals surface area (Å²) in [5.74, 6) is 0.609. The number of anilines is 1. The molecule has 0 aliphatic heterocycles. The number of hydrogen-bond donors (Lipinski definition) is 1. The lowest BCUT2D eigenvalue weighted by Crippen LogP contribution is -2.10. The van der Waals surface area contributed by atoms with Crippen molar-refractivity contribution in [2.24, 2.45) is 0 Å². The summed E-state index contributed by atoms with van der Waals surface area (Å²) in [7, 11) is 0. The first-order valence-corrected chi connectivity index (χ1v) is 5.85. The van der Waals surface area contributed by atoms with Gasteiger partial charge < -0.3 is 9.73 Å². The molecule has 2 rings (SSSR count). The molecule has 18 heavy (non-hydrogen) atoms. The molecule has 1 aromatic heterocycles. The molecule has 0 aliphatic rings. The van der Waals surface area contributed by atoms with Gasteiger partial charge in [-0.15, -0.1) is 6.58 Å². The third-order valence-electron chi connectivity index (χ3n) is 2.62. The number of rotatable bonds is 5. The predicted octanol–water partition coefficient (Wildman–Crippen LogP) is 4.54. The smallest absolute Gasteiger partial charge is 0.126 e. The van der Waals surface area contributed by atoms with Gasteiger partial charge in [0.25, 0.3) is 0 Å². The van der Waals surface area contributed by atoms with E-state index in [4.69, 9.17) is 4.42 Å². The molecule has 0 aliphatic carbocycles. The Kier molecular flexibility index (Phi) is 3.82. The van der Waals surface area contributed by atoms with Crippen LogP contribution in [0.2, 0.25) is 0 Å². The van der Waals surface area contributed by atoms with Crippen molar-refractivity contribution in [1.29, 1.82) is 0 Å². The van der Waals surface area contributed by atoms with Crippen LogP contribution in [-0.2, 0) is 0 Å². The first-order chi connectivity index (χ1) is 8.65. The van der Waals surface area contributed by atoms with Crippen molar-refractivity contribution in [2.75, 3.05) is 5.32 Å². The predicted molar refractivity (Wildman–Crippen MR) is 70.9 cm³/mol. The van der Waals surface area contributed by atoms with E-state index in [0.717, 1.165) is 23.4 Å². The summed E-state index contributed by atoms with van der Waals surface area (Å²) in [5, 5.41) is 3.32. The summed E-state index contributed by atoms with van der Waals surface area (Å²) in [6.07, 6.45) is 2.41. The molecule has 0 bridgehead atoms. The van der Waals surface area contributed by atoms with Gasteiger partial charge in [-0.1, -0.05) is 5.57 Å². The highest BCUT2D eigenvalue weighted by atomic mass is 19.1. The molecular formula is C15H16FNO. The molecule has 1 aromatic carbocycles. The van der Waals surface area contributed by atoms with E-state index in [1.807, 2.05) is 19.1 Å². The molecule has 0 radical (unpaired) electrons. The molecule has 1 atom stereocenters. The highest BCUT2D eigenvalue weighted by molar-refractivity contribution is 5.45. The Morgan fingerprint density at radius 2 is 2.06 bits per heavy atom. The van der Waals surface area contributed by atoms with Crippen LogP contribution in [0.25, 0.3) is 0 Å². The molecule has 0 fully saturated rings. The number of benzene rings is 1. The fraction of sp³-hybridized carbons (Fsp3) is 0.200. The zero-order valence-corrected chi connectivity index (χ0v) is 10.3. The van der Waals surface area contributed by atoms with Crippen LogP contribution in [-0.4, -0.2) is 0 Å². The molecule has 2 nitrogen and oxygen atoms in total. The summed E-state index contributed by atoms with van der Waals surface area (Å²) in [6.45, 7) is 5.89. The van der Waals surface area contributed by atoms with E-state index in [9.17, 15) is 4.39 Å². The van der Waals surface area contributed by atoms with Gasteiger partial charge in [-0.05, 0) is 49.7 Å². The van der Waals surface area contributed by atoms with E-state index in [0.29, 0.717) is 0 Å². The highest BCUT2D eigenvalue weighted by Gasteiger charge is 2.14. The second-order valence-electron chi connectivity index (χ2n) is 4.38. The molecule has 1 heterocycles. The maximum atomic E-state index is 12.8. The van der Waals surface area contributed by atoms with Crippen LogP contribution in [0.3, 0.4) is 0 Å². The molecule has 0 saturated carbocycles. The first-order valence-electron chi connectivity index (χ1n) is 5.85. The van der Waals surface area contributed by atoms with Crippen molar-refractivity contribution in [3.8, 4) is 0 Å². The van der Waals surface area contributed by atoms with Crippen molar-refractivity contribution in [2.45, 2.75) is 19.4 Å². The minimum absolute atomic E-state index is 0.0166. The van der Waals surface area contributed by atoms with E-state index in [-0.39, 0.29) is 11.9 Å². The largest absolute Gasteiger partial charge is 0.467 e. The van der Waals surface area contributed by atoms with Gasteiger partial charge in [0.2, 0.25) is 0 Å². The van der Waals surface area contributed by atoms with Gasteiger partial charge in [-0.3, -0.25) is 0 Å². The fourth-order valence-electron chi connectivity index (χ4n) is 1.81. The van der Waals surface area contributed by atoms with Gasteiger partial charge in [-0.2, -0.15) is 0 Å². The summed E-state index contributed by atoms with van der Waals surface area (Å²) < 4.78 is 18.3. The van der Waals surface area contributed by atoms with E-state index in [1.54, 1.807) is 18.4 Å². The van der Waals surface area contributed by atoms with Crippen LogP contribution in [0.1, 0.15) is 25.1 Å². The molecule has 0 amide bonds.